The third kappa shape index (κ3) is 3.94. The van der Waals surface area contributed by atoms with Crippen LogP contribution in [0.5, 0.6) is 6.08 Å². The van der Waals surface area contributed by atoms with Crippen molar-refractivity contribution in [1.29, 1.82) is 0 Å². The molecule has 0 aliphatic rings. The standard InChI is InChI=1S/C8H13N3O4/c1-8(2,3)9-6(13)15-7-11-10-5(4-12)14-7/h12H,4H2,1-3H3,(H,9,13). The highest BCUT2D eigenvalue weighted by molar-refractivity contribution is 5.69. The number of hydrogen-bond acceptors (Lipinski definition) is 6. The number of carbonyl (C=O) groups excluding carboxylic acids is 1. The van der Waals surface area contributed by atoms with Crippen molar-refractivity contribution in [3.8, 4) is 6.08 Å². The largest absolute Gasteiger partial charge is 0.423 e. The van der Waals surface area contributed by atoms with E-state index >= 15 is 0 Å². The summed E-state index contributed by atoms with van der Waals surface area (Å²) in [4.78, 5) is 11.2. The number of carbonyl (C=O) groups is 1. The molecule has 0 saturated carbocycles. The predicted octanol–water partition coefficient (Wildman–Crippen LogP) is 0.449. The first-order chi connectivity index (χ1) is 6.90. The highest BCUT2D eigenvalue weighted by Gasteiger charge is 2.17. The van der Waals surface area contributed by atoms with Crippen LogP contribution in [0.15, 0.2) is 4.42 Å². The Balaban J connectivity index is 2.51. The third-order valence-electron chi connectivity index (χ3n) is 1.24. The van der Waals surface area contributed by atoms with Crippen LogP contribution < -0.4 is 10.1 Å². The molecule has 1 amide bonds. The van der Waals surface area contributed by atoms with Crippen LogP contribution in [-0.4, -0.2) is 26.9 Å². The van der Waals surface area contributed by atoms with Gasteiger partial charge in [0.05, 0.1) is 0 Å². The number of amides is 1. The van der Waals surface area contributed by atoms with Crippen LogP contribution in [-0.2, 0) is 6.61 Å². The summed E-state index contributed by atoms with van der Waals surface area (Å²) in [6, 6.07) is 0. The summed E-state index contributed by atoms with van der Waals surface area (Å²) >= 11 is 0. The maximum absolute atomic E-state index is 11.2. The Morgan fingerprint density at radius 1 is 1.53 bits per heavy atom. The van der Waals surface area contributed by atoms with E-state index in [4.69, 9.17) is 9.52 Å². The normalized spacial score (nSPS) is 11.2. The molecule has 0 atom stereocenters. The van der Waals surface area contributed by atoms with E-state index < -0.39 is 18.2 Å². The van der Waals surface area contributed by atoms with E-state index in [0.29, 0.717) is 0 Å². The van der Waals surface area contributed by atoms with Crippen LogP contribution in [0.25, 0.3) is 0 Å². The zero-order chi connectivity index (χ0) is 11.5. The van der Waals surface area contributed by atoms with Crippen LogP contribution in [0.3, 0.4) is 0 Å². The average molecular weight is 215 g/mol. The molecule has 0 aliphatic heterocycles. The number of aliphatic hydroxyl groups is 1. The second kappa shape index (κ2) is 4.26. The lowest BCUT2D eigenvalue weighted by Gasteiger charge is -2.18. The SMILES string of the molecule is CC(C)(C)NC(=O)Oc1nnc(CO)o1. The van der Waals surface area contributed by atoms with E-state index in [1.165, 1.54) is 0 Å². The summed E-state index contributed by atoms with van der Waals surface area (Å²) in [5.74, 6) is -0.00596. The van der Waals surface area contributed by atoms with E-state index in [-0.39, 0.29) is 12.0 Å². The van der Waals surface area contributed by atoms with Crippen LogP contribution in [0.4, 0.5) is 4.79 Å². The number of rotatable bonds is 2. The van der Waals surface area contributed by atoms with Crippen molar-refractivity contribution in [1.82, 2.24) is 15.5 Å². The van der Waals surface area contributed by atoms with E-state index in [9.17, 15) is 4.79 Å². The zero-order valence-electron chi connectivity index (χ0n) is 8.77. The molecule has 2 N–H and O–H groups in total. The van der Waals surface area contributed by atoms with Crippen molar-refractivity contribution in [2.24, 2.45) is 0 Å². The summed E-state index contributed by atoms with van der Waals surface area (Å²) in [5, 5.41) is 18.0. The summed E-state index contributed by atoms with van der Waals surface area (Å²) < 4.78 is 9.43. The molecule has 0 spiro atoms. The minimum atomic E-state index is -0.685. The van der Waals surface area contributed by atoms with Gasteiger partial charge in [0.1, 0.15) is 6.61 Å². The number of nitrogens with zero attached hydrogens (tertiary/aromatic N) is 2. The number of nitrogens with one attached hydrogen (secondary N) is 1. The lowest BCUT2D eigenvalue weighted by molar-refractivity contribution is 0.169. The number of aromatic nitrogens is 2. The fourth-order valence-corrected chi connectivity index (χ4v) is 0.754. The molecule has 0 fully saturated rings. The van der Waals surface area contributed by atoms with Gasteiger partial charge in [0, 0.05) is 5.54 Å². The first-order valence-corrected chi connectivity index (χ1v) is 4.34. The molecular weight excluding hydrogens is 202 g/mol. The average Bonchev–Trinajstić information content (AvgIpc) is 2.48. The van der Waals surface area contributed by atoms with Crippen molar-refractivity contribution in [3.05, 3.63) is 5.89 Å². The molecule has 1 aromatic rings. The quantitative estimate of drug-likeness (QED) is 0.743. The summed E-state index contributed by atoms with van der Waals surface area (Å²) in [5.41, 5.74) is -0.406. The van der Waals surface area contributed by atoms with Gasteiger partial charge >= 0.3 is 12.2 Å². The molecule has 1 rings (SSSR count). The van der Waals surface area contributed by atoms with E-state index in [1.54, 1.807) is 20.8 Å². The van der Waals surface area contributed by atoms with Gasteiger partial charge in [-0.3, -0.25) is 0 Å². The van der Waals surface area contributed by atoms with Gasteiger partial charge in [-0.25, -0.2) is 4.79 Å². The van der Waals surface area contributed by atoms with E-state index in [2.05, 4.69) is 20.3 Å². The number of hydrogen-bond donors (Lipinski definition) is 2. The topological polar surface area (TPSA) is 97.5 Å². The molecule has 0 aromatic carbocycles. The highest BCUT2D eigenvalue weighted by atomic mass is 16.6. The van der Waals surface area contributed by atoms with Crippen molar-refractivity contribution >= 4 is 6.09 Å². The number of ether oxygens (including phenoxy) is 1. The Labute approximate surface area is 86.4 Å². The molecular formula is C8H13N3O4. The minimum absolute atomic E-state index is 0.00596. The first-order valence-electron chi connectivity index (χ1n) is 4.34. The Morgan fingerprint density at radius 2 is 2.20 bits per heavy atom. The molecule has 7 heteroatoms. The van der Waals surface area contributed by atoms with Crippen LogP contribution >= 0.6 is 0 Å². The van der Waals surface area contributed by atoms with Gasteiger partial charge < -0.3 is 19.6 Å². The van der Waals surface area contributed by atoms with Gasteiger partial charge in [0.25, 0.3) is 0 Å². The summed E-state index contributed by atoms with van der Waals surface area (Å²) in [6.45, 7) is 5.03. The number of aliphatic hydroxyl groups excluding tert-OH is 1. The van der Waals surface area contributed by atoms with Crippen molar-refractivity contribution < 1.29 is 19.1 Å². The van der Waals surface area contributed by atoms with Crippen LogP contribution in [0, 0.1) is 0 Å². The Kier molecular flexibility index (Phi) is 3.25. The monoisotopic (exact) mass is 215 g/mol. The Hall–Kier alpha value is -1.63. The molecule has 7 nitrogen and oxygen atoms in total. The molecule has 15 heavy (non-hydrogen) atoms. The zero-order valence-corrected chi connectivity index (χ0v) is 8.77. The van der Waals surface area contributed by atoms with Gasteiger partial charge in [-0.05, 0) is 20.8 Å². The third-order valence-corrected chi connectivity index (χ3v) is 1.24. The smallest absolute Gasteiger partial charge is 0.391 e. The predicted molar refractivity (Wildman–Crippen MR) is 49.1 cm³/mol. The van der Waals surface area contributed by atoms with E-state index in [0.717, 1.165) is 0 Å². The molecule has 1 aromatic heterocycles. The maximum Gasteiger partial charge on any atom is 0.423 e. The Morgan fingerprint density at radius 3 is 2.67 bits per heavy atom. The second-order valence-corrected chi connectivity index (χ2v) is 3.88. The minimum Gasteiger partial charge on any atom is -0.391 e. The van der Waals surface area contributed by atoms with Crippen molar-refractivity contribution in [3.63, 3.8) is 0 Å². The van der Waals surface area contributed by atoms with Crippen molar-refractivity contribution in [2.75, 3.05) is 0 Å². The molecule has 84 valence electrons. The highest BCUT2D eigenvalue weighted by Crippen LogP contribution is 2.08. The van der Waals surface area contributed by atoms with Gasteiger partial charge in [0.2, 0.25) is 5.89 Å². The van der Waals surface area contributed by atoms with Gasteiger partial charge in [-0.1, -0.05) is 5.10 Å². The lowest BCUT2D eigenvalue weighted by atomic mass is 10.1. The molecule has 0 radical (unpaired) electrons. The van der Waals surface area contributed by atoms with Gasteiger partial charge in [-0.15, -0.1) is 5.10 Å². The second-order valence-electron chi connectivity index (χ2n) is 3.88. The maximum atomic E-state index is 11.2. The van der Waals surface area contributed by atoms with Gasteiger partial charge in [-0.2, -0.15) is 0 Å². The molecule has 1 heterocycles. The Bertz CT molecular complexity index is 342. The van der Waals surface area contributed by atoms with E-state index in [1.807, 2.05) is 0 Å². The van der Waals surface area contributed by atoms with Gasteiger partial charge in [0.15, 0.2) is 0 Å². The molecule has 0 saturated heterocycles. The molecule has 0 aliphatic carbocycles. The molecule has 0 bridgehead atoms. The fraction of sp³-hybridized carbons (Fsp3) is 0.625. The summed E-state index contributed by atoms with van der Waals surface area (Å²) in [7, 11) is 0. The lowest BCUT2D eigenvalue weighted by Crippen LogP contribution is -2.42. The van der Waals surface area contributed by atoms with Crippen LogP contribution in [0.1, 0.15) is 26.7 Å². The molecule has 0 unspecified atom stereocenters. The van der Waals surface area contributed by atoms with Crippen molar-refractivity contribution in [2.45, 2.75) is 32.9 Å². The summed E-state index contributed by atoms with van der Waals surface area (Å²) in [6.07, 6.45) is -0.976. The van der Waals surface area contributed by atoms with Crippen LogP contribution in [0.2, 0.25) is 0 Å². The first kappa shape index (κ1) is 11.4. The fourth-order valence-electron chi connectivity index (χ4n) is 0.754.